The Morgan fingerprint density at radius 2 is 1.68 bits per heavy atom. The molecular formula is C30H29FN2O5. The van der Waals surface area contributed by atoms with Gasteiger partial charge in [0.25, 0.3) is 0 Å². The smallest absolute Gasteiger partial charge is 0.247 e. The third-order valence-electron chi connectivity index (χ3n) is 7.05. The minimum absolute atomic E-state index is 0.0353. The Labute approximate surface area is 220 Å². The summed E-state index contributed by atoms with van der Waals surface area (Å²) in [4.78, 5) is 28.4. The normalized spacial score (nSPS) is 21.5. The summed E-state index contributed by atoms with van der Waals surface area (Å²) < 4.78 is 20.8. The summed E-state index contributed by atoms with van der Waals surface area (Å²) in [6, 6.07) is 21.6. The van der Waals surface area contributed by atoms with Crippen molar-refractivity contribution in [1.29, 1.82) is 0 Å². The Hall–Kier alpha value is -4.01. The van der Waals surface area contributed by atoms with Crippen LogP contribution in [0.2, 0.25) is 0 Å². The first-order chi connectivity index (χ1) is 18.5. The van der Waals surface area contributed by atoms with Crippen LogP contribution in [0.3, 0.4) is 0 Å². The van der Waals surface area contributed by atoms with Crippen LogP contribution in [-0.4, -0.2) is 58.3 Å². The van der Waals surface area contributed by atoms with Crippen LogP contribution in [0.4, 0.5) is 4.39 Å². The number of fused-ring (bicyclic) bond motifs is 3. The van der Waals surface area contributed by atoms with E-state index in [2.05, 4.69) is 5.32 Å². The van der Waals surface area contributed by atoms with Gasteiger partial charge in [-0.25, -0.2) is 4.39 Å². The Balaban J connectivity index is 1.56. The highest BCUT2D eigenvalue weighted by Gasteiger charge is 2.50. The van der Waals surface area contributed by atoms with E-state index in [0.717, 1.165) is 11.1 Å². The summed E-state index contributed by atoms with van der Waals surface area (Å²) in [5.74, 6) is -1.23. The fourth-order valence-corrected chi connectivity index (χ4v) is 5.23. The van der Waals surface area contributed by atoms with Gasteiger partial charge in [-0.05, 0) is 23.8 Å². The van der Waals surface area contributed by atoms with Crippen LogP contribution in [0.15, 0.2) is 90.5 Å². The van der Waals surface area contributed by atoms with Gasteiger partial charge in [0, 0.05) is 29.8 Å². The number of ether oxygens (including phenoxy) is 1. The summed E-state index contributed by atoms with van der Waals surface area (Å²) >= 11 is 0. The molecule has 5 rings (SSSR count). The molecular weight excluding hydrogens is 487 g/mol. The van der Waals surface area contributed by atoms with Crippen molar-refractivity contribution >= 4 is 11.8 Å². The Morgan fingerprint density at radius 1 is 0.974 bits per heavy atom. The van der Waals surface area contributed by atoms with Crippen LogP contribution in [0.1, 0.15) is 22.6 Å². The maximum Gasteiger partial charge on any atom is 0.247 e. The van der Waals surface area contributed by atoms with Crippen LogP contribution in [0.25, 0.3) is 0 Å². The first-order valence-corrected chi connectivity index (χ1v) is 12.6. The van der Waals surface area contributed by atoms with E-state index in [1.807, 2.05) is 48.5 Å². The number of carbonyl (C=O) groups excluding carboxylic acids is 2. The lowest BCUT2D eigenvalue weighted by Gasteiger charge is -2.41. The van der Waals surface area contributed by atoms with Crippen molar-refractivity contribution in [2.24, 2.45) is 0 Å². The quantitative estimate of drug-likeness (QED) is 0.428. The molecule has 1 aliphatic heterocycles. The number of para-hydroxylation sites is 1. The van der Waals surface area contributed by atoms with Gasteiger partial charge in [0.2, 0.25) is 11.8 Å². The van der Waals surface area contributed by atoms with Gasteiger partial charge in [-0.15, -0.1) is 0 Å². The highest BCUT2D eigenvalue weighted by molar-refractivity contribution is 5.96. The van der Waals surface area contributed by atoms with Gasteiger partial charge in [-0.1, -0.05) is 66.7 Å². The number of nitrogens with zero attached hydrogens (tertiary/aromatic N) is 1. The monoisotopic (exact) mass is 516 g/mol. The molecule has 0 bridgehead atoms. The number of hydrogen-bond donors (Lipinski definition) is 3. The molecule has 8 heteroatoms. The van der Waals surface area contributed by atoms with E-state index in [1.54, 1.807) is 30.3 Å². The van der Waals surface area contributed by atoms with Crippen molar-refractivity contribution in [2.45, 2.75) is 37.1 Å². The van der Waals surface area contributed by atoms with E-state index >= 15 is 0 Å². The summed E-state index contributed by atoms with van der Waals surface area (Å²) in [5, 5.41) is 23.5. The van der Waals surface area contributed by atoms with Crippen LogP contribution in [0, 0.1) is 5.82 Å². The molecule has 38 heavy (non-hydrogen) atoms. The maximum absolute atomic E-state index is 14.7. The predicted octanol–water partition coefficient (Wildman–Crippen LogP) is 2.72. The van der Waals surface area contributed by atoms with E-state index in [9.17, 15) is 24.2 Å². The van der Waals surface area contributed by atoms with Crippen LogP contribution in [-0.2, 0) is 22.6 Å². The van der Waals surface area contributed by atoms with Gasteiger partial charge in [0.1, 0.15) is 23.8 Å². The molecule has 1 heterocycles. The van der Waals surface area contributed by atoms with Crippen molar-refractivity contribution in [3.05, 3.63) is 113 Å². The van der Waals surface area contributed by atoms with E-state index < -0.39 is 35.9 Å². The number of carbonyl (C=O) groups is 2. The van der Waals surface area contributed by atoms with Gasteiger partial charge in [-0.3, -0.25) is 9.59 Å². The maximum atomic E-state index is 14.7. The molecule has 3 N–H and O–H groups in total. The minimum Gasteiger partial charge on any atom is -0.486 e. The number of aliphatic hydroxyl groups excluding tert-OH is 2. The Kier molecular flexibility index (Phi) is 7.53. The molecule has 1 aliphatic carbocycles. The number of hydrogen-bond acceptors (Lipinski definition) is 5. The number of aliphatic hydroxyl groups is 2. The van der Waals surface area contributed by atoms with Gasteiger partial charge < -0.3 is 25.2 Å². The second-order valence-corrected chi connectivity index (χ2v) is 9.46. The zero-order valence-corrected chi connectivity index (χ0v) is 20.7. The summed E-state index contributed by atoms with van der Waals surface area (Å²) in [7, 11) is 0. The second-order valence-electron chi connectivity index (χ2n) is 9.46. The second kappa shape index (κ2) is 11.2. The van der Waals surface area contributed by atoms with E-state index in [-0.39, 0.29) is 32.0 Å². The van der Waals surface area contributed by atoms with Crippen molar-refractivity contribution < 1.29 is 28.9 Å². The third-order valence-corrected chi connectivity index (χ3v) is 7.05. The molecule has 2 aliphatic rings. The molecule has 0 spiro atoms. The summed E-state index contributed by atoms with van der Waals surface area (Å²) in [6.45, 7) is -0.289. The van der Waals surface area contributed by atoms with E-state index in [4.69, 9.17) is 4.74 Å². The molecule has 196 valence electrons. The number of rotatable bonds is 8. The van der Waals surface area contributed by atoms with E-state index in [0.29, 0.717) is 16.9 Å². The first-order valence-electron chi connectivity index (χ1n) is 12.6. The zero-order chi connectivity index (χ0) is 26.6. The predicted molar refractivity (Wildman–Crippen MR) is 139 cm³/mol. The summed E-state index contributed by atoms with van der Waals surface area (Å²) in [5.41, 5.74) is 2.15. The van der Waals surface area contributed by atoms with Gasteiger partial charge in [0.15, 0.2) is 0 Å². The van der Waals surface area contributed by atoms with Crippen LogP contribution < -0.4 is 10.1 Å². The zero-order valence-electron chi connectivity index (χ0n) is 20.7. The van der Waals surface area contributed by atoms with E-state index in [1.165, 1.54) is 11.0 Å². The van der Waals surface area contributed by atoms with Crippen molar-refractivity contribution in [1.82, 2.24) is 10.2 Å². The average Bonchev–Trinajstić information content (AvgIpc) is 3.33. The third kappa shape index (κ3) is 5.05. The molecule has 0 saturated carbocycles. The fourth-order valence-electron chi connectivity index (χ4n) is 5.23. The van der Waals surface area contributed by atoms with Crippen molar-refractivity contribution in [3.8, 4) is 5.75 Å². The standard InChI is InChI=1S/C30H29FN2O5/c31-23-12-6-4-10-20(23)18-33(26(35)16-19-8-2-1-3-9-19)24-17-22(30(37)32-14-15-34)27-21-11-5-7-13-25(21)38-29(27)28(24)36/h1-13,17,24,27-29,34,36H,14-16,18H2,(H,32,37). The van der Waals surface area contributed by atoms with Crippen molar-refractivity contribution in [2.75, 3.05) is 13.2 Å². The van der Waals surface area contributed by atoms with Gasteiger partial charge in [-0.2, -0.15) is 0 Å². The first kappa shape index (κ1) is 25.6. The minimum atomic E-state index is -1.19. The average molecular weight is 517 g/mol. The van der Waals surface area contributed by atoms with Crippen molar-refractivity contribution in [3.63, 3.8) is 0 Å². The molecule has 4 atom stereocenters. The number of nitrogens with one attached hydrogen (secondary N) is 1. The largest absolute Gasteiger partial charge is 0.486 e. The molecule has 0 aromatic heterocycles. The van der Waals surface area contributed by atoms with Gasteiger partial charge >= 0.3 is 0 Å². The molecule has 2 amide bonds. The molecule has 4 unspecified atom stereocenters. The summed E-state index contributed by atoms with van der Waals surface area (Å²) in [6.07, 6.45) is -0.389. The Morgan fingerprint density at radius 3 is 2.45 bits per heavy atom. The lowest BCUT2D eigenvalue weighted by atomic mass is 9.77. The fraction of sp³-hybridized carbons (Fsp3) is 0.267. The molecule has 0 radical (unpaired) electrons. The highest BCUT2D eigenvalue weighted by atomic mass is 19.1. The molecule has 7 nitrogen and oxygen atoms in total. The SMILES string of the molecule is O=C(NCCO)C1=CC(N(Cc2ccccc2F)C(=O)Cc2ccccc2)C(O)C2Oc3ccccc3C12. The molecule has 0 saturated heterocycles. The lowest BCUT2D eigenvalue weighted by molar-refractivity contribution is -0.137. The van der Waals surface area contributed by atoms with Crippen LogP contribution >= 0.6 is 0 Å². The number of amides is 2. The Bertz CT molecular complexity index is 1350. The molecule has 3 aromatic rings. The highest BCUT2D eigenvalue weighted by Crippen LogP contribution is 2.47. The number of halogens is 1. The van der Waals surface area contributed by atoms with Gasteiger partial charge in [0.05, 0.1) is 25.0 Å². The molecule has 0 fully saturated rings. The van der Waals surface area contributed by atoms with Crippen LogP contribution in [0.5, 0.6) is 5.75 Å². The number of benzene rings is 3. The lowest BCUT2D eigenvalue weighted by Crippen LogP contribution is -2.55. The topological polar surface area (TPSA) is 99.1 Å². The molecule has 3 aromatic carbocycles.